The van der Waals surface area contributed by atoms with Crippen LogP contribution in [-0.4, -0.2) is 27.5 Å². The Kier molecular flexibility index (Phi) is 2.71. The monoisotopic (exact) mass is 196 g/mol. The van der Waals surface area contributed by atoms with Gasteiger partial charge in [-0.15, -0.1) is 5.10 Å². The van der Waals surface area contributed by atoms with E-state index in [-0.39, 0.29) is 12.7 Å². The van der Waals surface area contributed by atoms with Gasteiger partial charge in [0.05, 0.1) is 0 Å². The molecule has 0 aliphatic rings. The molecule has 1 rings (SSSR count). The van der Waals surface area contributed by atoms with Gasteiger partial charge in [0.15, 0.2) is 0 Å². The fourth-order valence-electron chi connectivity index (χ4n) is 0.626. The number of ether oxygens (including phenoxy) is 1. The predicted octanol–water partition coefficient (Wildman–Crippen LogP) is 0.397. The fraction of sp³-hybridized carbons (Fsp3) is 0.600. The molecule has 1 aromatic rings. The van der Waals surface area contributed by atoms with Gasteiger partial charge in [0.2, 0.25) is 5.95 Å². The second-order valence-electron chi connectivity index (χ2n) is 2.23. The zero-order chi connectivity index (χ0) is 9.90. The molecular formula is C5H7F3N4O. The fourth-order valence-corrected chi connectivity index (χ4v) is 0.626. The number of rotatable bonds is 3. The van der Waals surface area contributed by atoms with Crippen molar-refractivity contribution in [3.63, 3.8) is 0 Å². The standard InChI is InChI=1S/C5H7F3N4O/c6-5(7,8)1-13-3-12-2-10-4(9)11-12/h2H,1,3H2,(H2,9,11). The summed E-state index contributed by atoms with van der Waals surface area (Å²) in [5, 5.41) is 3.52. The van der Waals surface area contributed by atoms with E-state index >= 15 is 0 Å². The lowest BCUT2D eigenvalue weighted by atomic mass is 10.7. The van der Waals surface area contributed by atoms with E-state index in [1.165, 1.54) is 6.33 Å². The number of nitrogens with two attached hydrogens (primary N) is 1. The second kappa shape index (κ2) is 3.60. The number of hydrogen-bond donors (Lipinski definition) is 1. The van der Waals surface area contributed by atoms with Crippen LogP contribution in [0.4, 0.5) is 19.1 Å². The number of nitrogen functional groups attached to an aromatic ring is 1. The largest absolute Gasteiger partial charge is 0.411 e. The highest BCUT2D eigenvalue weighted by atomic mass is 19.4. The molecule has 2 N–H and O–H groups in total. The van der Waals surface area contributed by atoms with Crippen LogP contribution in [0, 0.1) is 0 Å². The van der Waals surface area contributed by atoms with E-state index in [1.807, 2.05) is 0 Å². The molecule has 74 valence electrons. The van der Waals surface area contributed by atoms with Gasteiger partial charge in [-0.3, -0.25) is 0 Å². The molecule has 0 saturated carbocycles. The smallest absolute Gasteiger partial charge is 0.367 e. The van der Waals surface area contributed by atoms with Gasteiger partial charge in [0, 0.05) is 0 Å². The first-order chi connectivity index (χ1) is 5.97. The first-order valence-corrected chi connectivity index (χ1v) is 3.27. The molecule has 5 nitrogen and oxygen atoms in total. The third-order valence-corrected chi connectivity index (χ3v) is 1.04. The molecule has 8 heteroatoms. The molecule has 0 amide bonds. The van der Waals surface area contributed by atoms with Gasteiger partial charge in [-0.1, -0.05) is 0 Å². The summed E-state index contributed by atoms with van der Waals surface area (Å²) in [6.07, 6.45) is -3.14. The third-order valence-electron chi connectivity index (χ3n) is 1.04. The van der Waals surface area contributed by atoms with Crippen molar-refractivity contribution >= 4 is 5.95 Å². The average molecular weight is 196 g/mol. The predicted molar refractivity (Wildman–Crippen MR) is 36.4 cm³/mol. The summed E-state index contributed by atoms with van der Waals surface area (Å²) in [5.41, 5.74) is 5.12. The van der Waals surface area contributed by atoms with Crippen LogP contribution in [0.5, 0.6) is 0 Å². The zero-order valence-corrected chi connectivity index (χ0v) is 6.45. The molecule has 1 aromatic heterocycles. The number of aromatic nitrogens is 3. The summed E-state index contributed by atoms with van der Waals surface area (Å²) in [7, 11) is 0. The van der Waals surface area contributed by atoms with Gasteiger partial charge < -0.3 is 10.5 Å². The van der Waals surface area contributed by atoms with Gasteiger partial charge in [-0.2, -0.15) is 13.2 Å². The Bertz CT molecular complexity index is 271. The highest BCUT2D eigenvalue weighted by molar-refractivity contribution is 5.08. The Balaban J connectivity index is 2.28. The van der Waals surface area contributed by atoms with Gasteiger partial charge >= 0.3 is 6.18 Å². The Morgan fingerprint density at radius 1 is 1.54 bits per heavy atom. The SMILES string of the molecule is Nc1ncn(COCC(F)(F)F)n1. The summed E-state index contributed by atoms with van der Waals surface area (Å²) < 4.78 is 40.1. The minimum absolute atomic E-state index is 0.00407. The first kappa shape index (κ1) is 9.78. The Morgan fingerprint density at radius 2 is 2.23 bits per heavy atom. The summed E-state index contributed by atoms with van der Waals surface area (Å²) in [5.74, 6) is -0.00407. The topological polar surface area (TPSA) is 66.0 Å². The number of nitrogens with zero attached hydrogens (tertiary/aromatic N) is 3. The van der Waals surface area contributed by atoms with Crippen LogP contribution in [0.25, 0.3) is 0 Å². The van der Waals surface area contributed by atoms with Crippen LogP contribution < -0.4 is 5.73 Å². The van der Waals surface area contributed by atoms with Crippen LogP contribution in [0.1, 0.15) is 0 Å². The lowest BCUT2D eigenvalue weighted by Crippen LogP contribution is -2.18. The molecule has 0 aliphatic heterocycles. The summed E-state index contributed by atoms with van der Waals surface area (Å²) in [6.45, 7) is -1.63. The first-order valence-electron chi connectivity index (χ1n) is 3.27. The summed E-state index contributed by atoms with van der Waals surface area (Å²) >= 11 is 0. The van der Waals surface area contributed by atoms with Gasteiger partial charge in [0.25, 0.3) is 0 Å². The number of anilines is 1. The molecule has 0 saturated heterocycles. The molecule has 13 heavy (non-hydrogen) atoms. The third kappa shape index (κ3) is 3.74. The molecule has 0 unspecified atom stereocenters. The van der Waals surface area contributed by atoms with Crippen molar-refractivity contribution < 1.29 is 17.9 Å². The minimum Gasteiger partial charge on any atom is -0.367 e. The van der Waals surface area contributed by atoms with E-state index in [4.69, 9.17) is 5.73 Å². The van der Waals surface area contributed by atoms with Crippen molar-refractivity contribution in [1.82, 2.24) is 14.8 Å². The molecule has 1 heterocycles. The van der Waals surface area contributed by atoms with Crippen molar-refractivity contribution in [2.24, 2.45) is 0 Å². The van der Waals surface area contributed by atoms with Crippen molar-refractivity contribution in [2.75, 3.05) is 12.3 Å². The summed E-state index contributed by atoms with van der Waals surface area (Å²) in [4.78, 5) is 3.50. The maximum Gasteiger partial charge on any atom is 0.411 e. The number of alkyl halides is 3. The Hall–Kier alpha value is -1.31. The van der Waals surface area contributed by atoms with E-state index in [2.05, 4.69) is 14.8 Å². The van der Waals surface area contributed by atoms with E-state index in [0.717, 1.165) is 4.68 Å². The molecule has 0 radical (unpaired) electrons. The van der Waals surface area contributed by atoms with Gasteiger partial charge in [-0.25, -0.2) is 9.67 Å². The molecular weight excluding hydrogens is 189 g/mol. The maximum atomic E-state index is 11.6. The van der Waals surface area contributed by atoms with Crippen LogP contribution in [0.3, 0.4) is 0 Å². The Morgan fingerprint density at radius 3 is 2.69 bits per heavy atom. The molecule has 0 fully saturated rings. The normalized spacial score (nSPS) is 11.9. The Labute approximate surface area is 71.3 Å². The molecule has 0 atom stereocenters. The molecule has 0 aliphatic carbocycles. The number of hydrogen-bond acceptors (Lipinski definition) is 4. The van der Waals surface area contributed by atoms with Crippen LogP contribution in [0.15, 0.2) is 6.33 Å². The van der Waals surface area contributed by atoms with E-state index in [0.29, 0.717) is 0 Å². The lowest BCUT2D eigenvalue weighted by molar-refractivity contribution is -0.182. The highest BCUT2D eigenvalue weighted by Crippen LogP contribution is 2.14. The van der Waals surface area contributed by atoms with Crippen LogP contribution >= 0.6 is 0 Å². The van der Waals surface area contributed by atoms with E-state index < -0.39 is 12.8 Å². The van der Waals surface area contributed by atoms with Crippen LogP contribution in [-0.2, 0) is 11.5 Å². The molecule has 0 bridgehead atoms. The van der Waals surface area contributed by atoms with Crippen molar-refractivity contribution in [3.05, 3.63) is 6.33 Å². The minimum atomic E-state index is -4.33. The lowest BCUT2D eigenvalue weighted by Gasteiger charge is -2.06. The molecule has 0 spiro atoms. The van der Waals surface area contributed by atoms with Gasteiger partial charge in [-0.05, 0) is 0 Å². The van der Waals surface area contributed by atoms with Crippen LogP contribution in [0.2, 0.25) is 0 Å². The molecule has 0 aromatic carbocycles. The average Bonchev–Trinajstić information content (AvgIpc) is 2.33. The van der Waals surface area contributed by atoms with Crippen molar-refractivity contribution in [2.45, 2.75) is 12.9 Å². The maximum absolute atomic E-state index is 11.6. The zero-order valence-electron chi connectivity index (χ0n) is 6.45. The van der Waals surface area contributed by atoms with Gasteiger partial charge in [0.1, 0.15) is 19.7 Å². The van der Waals surface area contributed by atoms with E-state index in [9.17, 15) is 13.2 Å². The van der Waals surface area contributed by atoms with Crippen molar-refractivity contribution in [1.29, 1.82) is 0 Å². The van der Waals surface area contributed by atoms with E-state index in [1.54, 1.807) is 0 Å². The van der Waals surface area contributed by atoms with Crippen molar-refractivity contribution in [3.8, 4) is 0 Å². The quantitative estimate of drug-likeness (QED) is 0.759. The summed E-state index contributed by atoms with van der Waals surface area (Å²) in [6, 6.07) is 0. The second-order valence-corrected chi connectivity index (χ2v) is 2.23. The number of halogens is 3. The highest BCUT2D eigenvalue weighted by Gasteiger charge is 2.27.